The summed E-state index contributed by atoms with van der Waals surface area (Å²) in [6, 6.07) is 1.67. The lowest BCUT2D eigenvalue weighted by Gasteiger charge is -2.33. The zero-order chi connectivity index (χ0) is 15.9. The Hall–Kier alpha value is -1.82. The van der Waals surface area contributed by atoms with Gasteiger partial charge in [0.2, 0.25) is 0 Å². The lowest BCUT2D eigenvalue weighted by Crippen LogP contribution is -2.45. The maximum Gasteiger partial charge on any atom is 0.311 e. The lowest BCUT2D eigenvalue weighted by atomic mass is 9.74. The number of likely N-dealkylation sites (tertiary alicyclic amines) is 1. The summed E-state index contributed by atoms with van der Waals surface area (Å²) in [7, 11) is 0. The zero-order valence-corrected chi connectivity index (χ0v) is 12.9. The fourth-order valence-corrected chi connectivity index (χ4v) is 3.57. The highest BCUT2D eigenvalue weighted by atomic mass is 16.5. The van der Waals surface area contributed by atoms with Crippen LogP contribution in [0.1, 0.15) is 42.3 Å². The van der Waals surface area contributed by atoms with E-state index in [0.29, 0.717) is 37.5 Å². The van der Waals surface area contributed by atoms with Gasteiger partial charge in [-0.25, -0.2) is 0 Å². The summed E-state index contributed by atoms with van der Waals surface area (Å²) < 4.78 is 10.8. The number of carboxylic acid groups (broad SMARTS) is 1. The van der Waals surface area contributed by atoms with Gasteiger partial charge in [0.1, 0.15) is 5.76 Å². The Balaban J connectivity index is 1.86. The second-order valence-electron chi connectivity index (χ2n) is 6.52. The molecule has 0 bridgehead atoms. The van der Waals surface area contributed by atoms with Crippen LogP contribution in [0, 0.1) is 11.3 Å². The smallest absolute Gasteiger partial charge is 0.311 e. The fourth-order valence-electron chi connectivity index (χ4n) is 3.57. The number of fused-ring (bicyclic) bond motifs is 1. The molecule has 1 aromatic heterocycles. The third-order valence-electron chi connectivity index (χ3n) is 4.87. The summed E-state index contributed by atoms with van der Waals surface area (Å²) in [5.74, 6) is -0.354. The third kappa shape index (κ3) is 2.22. The van der Waals surface area contributed by atoms with Crippen LogP contribution < -0.4 is 0 Å². The van der Waals surface area contributed by atoms with Crippen molar-refractivity contribution in [3.05, 3.63) is 23.7 Å². The maximum atomic E-state index is 12.8. The number of hydrogen-bond acceptors (Lipinski definition) is 4. The van der Waals surface area contributed by atoms with Gasteiger partial charge in [-0.2, -0.15) is 0 Å². The van der Waals surface area contributed by atoms with Gasteiger partial charge < -0.3 is 19.2 Å². The number of carbonyl (C=O) groups is 2. The van der Waals surface area contributed by atoms with Crippen molar-refractivity contribution in [1.82, 2.24) is 4.90 Å². The van der Waals surface area contributed by atoms with Gasteiger partial charge in [-0.3, -0.25) is 9.59 Å². The van der Waals surface area contributed by atoms with E-state index in [1.165, 1.54) is 6.26 Å². The second kappa shape index (κ2) is 5.43. The molecular formula is C16H21NO5. The number of amides is 1. The van der Waals surface area contributed by atoms with Gasteiger partial charge in [-0.1, -0.05) is 13.8 Å². The van der Waals surface area contributed by atoms with Crippen molar-refractivity contribution in [1.29, 1.82) is 0 Å². The highest BCUT2D eigenvalue weighted by Gasteiger charge is 2.55. The molecule has 0 aromatic carbocycles. The van der Waals surface area contributed by atoms with Gasteiger partial charge >= 0.3 is 5.97 Å². The first-order valence-electron chi connectivity index (χ1n) is 7.63. The van der Waals surface area contributed by atoms with Crippen LogP contribution in [-0.2, 0) is 9.53 Å². The first-order chi connectivity index (χ1) is 10.5. The molecule has 2 aliphatic rings. The summed E-state index contributed by atoms with van der Waals surface area (Å²) in [6.07, 6.45) is 1.97. The minimum Gasteiger partial charge on any atom is -0.481 e. The first kappa shape index (κ1) is 15.1. The van der Waals surface area contributed by atoms with Crippen molar-refractivity contribution in [2.75, 3.05) is 26.3 Å². The monoisotopic (exact) mass is 307 g/mol. The molecule has 2 fully saturated rings. The van der Waals surface area contributed by atoms with Crippen LogP contribution >= 0.6 is 0 Å². The minimum absolute atomic E-state index is 0.107. The Morgan fingerprint density at radius 2 is 2.23 bits per heavy atom. The van der Waals surface area contributed by atoms with Gasteiger partial charge in [0.05, 0.1) is 23.8 Å². The SMILES string of the molecule is CC(C)c1occc1C(=O)N1C[C@H]2COCC[C@@]2(C(=O)O)C1. The summed E-state index contributed by atoms with van der Waals surface area (Å²) in [4.78, 5) is 26.2. The molecule has 120 valence electrons. The van der Waals surface area contributed by atoms with E-state index < -0.39 is 11.4 Å². The minimum atomic E-state index is -0.865. The number of ether oxygens (including phenoxy) is 1. The number of furan rings is 1. The predicted octanol–water partition coefficient (Wildman–Crippen LogP) is 1.97. The Morgan fingerprint density at radius 1 is 1.45 bits per heavy atom. The molecule has 3 rings (SSSR count). The number of rotatable bonds is 3. The summed E-state index contributed by atoms with van der Waals surface area (Å²) in [6.45, 7) is 5.44. The molecule has 1 N–H and O–H groups in total. The summed E-state index contributed by atoms with van der Waals surface area (Å²) in [5.41, 5.74) is -0.328. The molecule has 2 saturated heterocycles. The first-order valence-corrected chi connectivity index (χ1v) is 7.63. The van der Waals surface area contributed by atoms with E-state index in [-0.39, 0.29) is 24.3 Å². The van der Waals surface area contributed by atoms with Crippen molar-refractivity contribution in [3.8, 4) is 0 Å². The highest BCUT2D eigenvalue weighted by Crippen LogP contribution is 2.43. The average molecular weight is 307 g/mol. The van der Waals surface area contributed by atoms with Gasteiger partial charge in [-0.05, 0) is 12.5 Å². The predicted molar refractivity (Wildman–Crippen MR) is 77.7 cm³/mol. The molecule has 3 heterocycles. The molecule has 1 aromatic rings. The Bertz CT molecular complexity index is 593. The van der Waals surface area contributed by atoms with E-state index in [0.717, 1.165) is 0 Å². The fraction of sp³-hybridized carbons (Fsp3) is 0.625. The highest BCUT2D eigenvalue weighted by molar-refractivity contribution is 5.96. The number of nitrogens with zero attached hydrogens (tertiary/aromatic N) is 1. The molecule has 6 nitrogen and oxygen atoms in total. The number of aliphatic carboxylic acids is 1. The quantitative estimate of drug-likeness (QED) is 0.923. The normalized spacial score (nSPS) is 28.0. The molecule has 2 aliphatic heterocycles. The van der Waals surface area contributed by atoms with Crippen LogP contribution in [-0.4, -0.2) is 48.2 Å². The maximum absolute atomic E-state index is 12.8. The standard InChI is InChI=1S/C16H21NO5/c1-10(2)13-12(3-5-22-13)14(18)17-7-11-8-21-6-4-16(11,9-17)15(19)20/h3,5,10-11H,4,6-9H2,1-2H3,(H,19,20)/t11-,16+/m0/s1. The molecule has 0 aliphatic carbocycles. The molecule has 6 heteroatoms. The number of carboxylic acids is 1. The van der Waals surface area contributed by atoms with Crippen molar-refractivity contribution in [2.45, 2.75) is 26.2 Å². The molecule has 2 atom stereocenters. The molecule has 22 heavy (non-hydrogen) atoms. The number of carbonyl (C=O) groups excluding carboxylic acids is 1. The van der Waals surface area contributed by atoms with Crippen LogP contribution in [0.5, 0.6) is 0 Å². The molecule has 1 amide bonds. The van der Waals surface area contributed by atoms with Gasteiger partial charge in [0, 0.05) is 31.5 Å². The third-order valence-corrected chi connectivity index (χ3v) is 4.87. The largest absolute Gasteiger partial charge is 0.481 e. The van der Waals surface area contributed by atoms with Crippen LogP contribution in [0.4, 0.5) is 0 Å². The Labute approximate surface area is 129 Å². The van der Waals surface area contributed by atoms with E-state index >= 15 is 0 Å². The molecule has 0 spiro atoms. The van der Waals surface area contributed by atoms with E-state index in [9.17, 15) is 14.7 Å². The Kier molecular flexibility index (Phi) is 3.72. The van der Waals surface area contributed by atoms with Crippen LogP contribution in [0.3, 0.4) is 0 Å². The van der Waals surface area contributed by atoms with E-state index in [1.807, 2.05) is 13.8 Å². The number of hydrogen-bond donors (Lipinski definition) is 1. The lowest BCUT2D eigenvalue weighted by molar-refractivity contribution is -0.157. The molecule has 0 saturated carbocycles. The molecule has 0 unspecified atom stereocenters. The molecule has 0 radical (unpaired) electrons. The van der Waals surface area contributed by atoms with Crippen LogP contribution in [0.25, 0.3) is 0 Å². The summed E-state index contributed by atoms with van der Waals surface area (Å²) >= 11 is 0. The van der Waals surface area contributed by atoms with E-state index in [4.69, 9.17) is 9.15 Å². The van der Waals surface area contributed by atoms with Crippen molar-refractivity contribution in [3.63, 3.8) is 0 Å². The van der Waals surface area contributed by atoms with Crippen molar-refractivity contribution >= 4 is 11.9 Å². The van der Waals surface area contributed by atoms with Crippen LogP contribution in [0.2, 0.25) is 0 Å². The Morgan fingerprint density at radius 3 is 2.86 bits per heavy atom. The average Bonchev–Trinajstić information content (AvgIpc) is 3.11. The van der Waals surface area contributed by atoms with Crippen molar-refractivity contribution in [2.24, 2.45) is 11.3 Å². The van der Waals surface area contributed by atoms with Crippen molar-refractivity contribution < 1.29 is 23.8 Å². The van der Waals surface area contributed by atoms with Gasteiger partial charge in [0.15, 0.2) is 0 Å². The van der Waals surface area contributed by atoms with Gasteiger partial charge in [-0.15, -0.1) is 0 Å². The topological polar surface area (TPSA) is 80.0 Å². The zero-order valence-electron chi connectivity index (χ0n) is 12.9. The van der Waals surface area contributed by atoms with Gasteiger partial charge in [0.25, 0.3) is 5.91 Å². The van der Waals surface area contributed by atoms with Crippen LogP contribution in [0.15, 0.2) is 16.7 Å². The van der Waals surface area contributed by atoms with E-state index in [2.05, 4.69) is 0 Å². The van der Waals surface area contributed by atoms with E-state index in [1.54, 1.807) is 11.0 Å². The second-order valence-corrected chi connectivity index (χ2v) is 6.52. The summed E-state index contributed by atoms with van der Waals surface area (Å²) in [5, 5.41) is 9.66. The molecular weight excluding hydrogens is 286 g/mol.